The van der Waals surface area contributed by atoms with Crippen molar-refractivity contribution in [1.82, 2.24) is 4.90 Å². The Bertz CT molecular complexity index is 267. The molecular weight excluding hydrogens is 214 g/mol. The number of carboxylic acids is 1. The summed E-state index contributed by atoms with van der Waals surface area (Å²) in [6.07, 6.45) is 8.42. The van der Waals surface area contributed by atoms with Gasteiger partial charge in [-0.05, 0) is 57.4 Å². The first-order chi connectivity index (χ1) is 8.13. The molecule has 0 aromatic carbocycles. The summed E-state index contributed by atoms with van der Waals surface area (Å²) in [7, 11) is 2.02. The van der Waals surface area contributed by atoms with E-state index in [1.807, 2.05) is 7.05 Å². The Kier molecular flexibility index (Phi) is 4.08. The van der Waals surface area contributed by atoms with E-state index >= 15 is 0 Å². The average Bonchev–Trinajstić information content (AvgIpc) is 3.13. The van der Waals surface area contributed by atoms with E-state index in [2.05, 4.69) is 11.8 Å². The van der Waals surface area contributed by atoms with E-state index in [0.29, 0.717) is 12.0 Å². The SMILES string of the molecule is CCC1CCC(N(C)C(C(=O)O)C2CC2)CC1. The number of hydrogen-bond donors (Lipinski definition) is 1. The van der Waals surface area contributed by atoms with Gasteiger partial charge in [0.15, 0.2) is 0 Å². The summed E-state index contributed by atoms with van der Waals surface area (Å²) >= 11 is 0. The Labute approximate surface area is 104 Å². The fourth-order valence-electron chi connectivity index (χ4n) is 3.31. The minimum absolute atomic E-state index is 0.224. The lowest BCUT2D eigenvalue weighted by molar-refractivity contribution is -0.144. The largest absolute Gasteiger partial charge is 0.480 e. The summed E-state index contributed by atoms with van der Waals surface area (Å²) in [5, 5.41) is 9.34. The first-order valence-electron chi connectivity index (χ1n) is 7.08. The van der Waals surface area contributed by atoms with Crippen LogP contribution in [-0.4, -0.2) is 35.1 Å². The molecule has 2 saturated carbocycles. The predicted molar refractivity (Wildman–Crippen MR) is 67.9 cm³/mol. The minimum atomic E-state index is -0.618. The van der Waals surface area contributed by atoms with Crippen molar-refractivity contribution in [1.29, 1.82) is 0 Å². The number of rotatable bonds is 5. The van der Waals surface area contributed by atoms with E-state index in [1.165, 1.54) is 32.1 Å². The molecule has 0 heterocycles. The van der Waals surface area contributed by atoms with Crippen LogP contribution in [0.15, 0.2) is 0 Å². The first kappa shape index (κ1) is 12.9. The van der Waals surface area contributed by atoms with E-state index in [9.17, 15) is 9.90 Å². The standard InChI is InChI=1S/C14H25NO2/c1-3-10-4-8-12(9-5-10)15(2)13(14(16)17)11-6-7-11/h10-13H,3-9H2,1-2H3,(H,16,17). The van der Waals surface area contributed by atoms with Crippen molar-refractivity contribution in [2.45, 2.75) is 64.0 Å². The highest BCUT2D eigenvalue weighted by Gasteiger charge is 2.41. The topological polar surface area (TPSA) is 40.5 Å². The Morgan fingerprint density at radius 2 is 1.82 bits per heavy atom. The number of hydrogen-bond acceptors (Lipinski definition) is 2. The molecule has 2 aliphatic rings. The third-order valence-corrected chi connectivity index (χ3v) is 4.73. The summed E-state index contributed by atoms with van der Waals surface area (Å²) < 4.78 is 0. The highest BCUT2D eigenvalue weighted by atomic mass is 16.4. The van der Waals surface area contributed by atoms with Crippen LogP contribution in [0.3, 0.4) is 0 Å². The van der Waals surface area contributed by atoms with Crippen LogP contribution in [0.4, 0.5) is 0 Å². The van der Waals surface area contributed by atoms with Gasteiger partial charge in [0.25, 0.3) is 0 Å². The lowest BCUT2D eigenvalue weighted by Gasteiger charge is -2.37. The predicted octanol–water partition coefficient (Wildman–Crippen LogP) is 2.75. The fraction of sp³-hybridized carbons (Fsp3) is 0.929. The molecule has 0 aromatic rings. The molecule has 0 amide bonds. The van der Waals surface area contributed by atoms with Gasteiger partial charge in [0, 0.05) is 6.04 Å². The maximum Gasteiger partial charge on any atom is 0.321 e. The van der Waals surface area contributed by atoms with Gasteiger partial charge >= 0.3 is 5.97 Å². The van der Waals surface area contributed by atoms with Crippen molar-refractivity contribution in [3.05, 3.63) is 0 Å². The van der Waals surface area contributed by atoms with Gasteiger partial charge in [0.05, 0.1) is 0 Å². The highest BCUT2D eigenvalue weighted by Crippen LogP contribution is 2.38. The molecule has 17 heavy (non-hydrogen) atoms. The zero-order valence-corrected chi connectivity index (χ0v) is 11.1. The summed E-state index contributed by atoms with van der Waals surface area (Å²) in [6.45, 7) is 2.26. The molecule has 98 valence electrons. The Morgan fingerprint density at radius 1 is 1.24 bits per heavy atom. The molecule has 0 radical (unpaired) electrons. The molecule has 2 aliphatic carbocycles. The number of carboxylic acid groups (broad SMARTS) is 1. The van der Waals surface area contributed by atoms with Crippen LogP contribution < -0.4 is 0 Å². The van der Waals surface area contributed by atoms with Crippen LogP contribution in [0.1, 0.15) is 51.9 Å². The molecular formula is C14H25NO2. The smallest absolute Gasteiger partial charge is 0.321 e. The van der Waals surface area contributed by atoms with E-state index in [0.717, 1.165) is 18.8 Å². The molecule has 3 heteroatoms. The lowest BCUT2D eigenvalue weighted by atomic mass is 9.83. The molecule has 1 atom stereocenters. The van der Waals surface area contributed by atoms with E-state index in [-0.39, 0.29) is 6.04 Å². The molecule has 1 unspecified atom stereocenters. The van der Waals surface area contributed by atoms with Gasteiger partial charge in [-0.15, -0.1) is 0 Å². The van der Waals surface area contributed by atoms with Gasteiger partial charge in [-0.2, -0.15) is 0 Å². The normalized spacial score (nSPS) is 31.5. The third-order valence-electron chi connectivity index (χ3n) is 4.73. The molecule has 1 N–H and O–H groups in total. The van der Waals surface area contributed by atoms with E-state index in [4.69, 9.17) is 0 Å². The van der Waals surface area contributed by atoms with Crippen molar-refractivity contribution in [2.24, 2.45) is 11.8 Å². The van der Waals surface area contributed by atoms with Crippen molar-refractivity contribution in [3.8, 4) is 0 Å². The van der Waals surface area contributed by atoms with Crippen LogP contribution in [0.5, 0.6) is 0 Å². The maximum absolute atomic E-state index is 11.3. The first-order valence-corrected chi connectivity index (χ1v) is 7.08. The molecule has 0 saturated heterocycles. The molecule has 2 fully saturated rings. The lowest BCUT2D eigenvalue weighted by Crippen LogP contribution is -2.47. The summed E-state index contributed by atoms with van der Waals surface area (Å²) in [5.41, 5.74) is 0. The van der Waals surface area contributed by atoms with Crippen LogP contribution in [0.2, 0.25) is 0 Å². The second kappa shape index (κ2) is 5.38. The molecule has 0 spiro atoms. The molecule has 3 nitrogen and oxygen atoms in total. The van der Waals surface area contributed by atoms with Crippen molar-refractivity contribution < 1.29 is 9.90 Å². The Hall–Kier alpha value is -0.570. The number of likely N-dealkylation sites (N-methyl/N-ethyl adjacent to an activating group) is 1. The van der Waals surface area contributed by atoms with Crippen molar-refractivity contribution >= 4 is 5.97 Å². The maximum atomic E-state index is 11.3. The Balaban J connectivity index is 1.90. The second-order valence-electron chi connectivity index (χ2n) is 5.87. The summed E-state index contributed by atoms with van der Waals surface area (Å²) in [4.78, 5) is 13.5. The zero-order chi connectivity index (χ0) is 12.4. The molecule has 0 bridgehead atoms. The fourth-order valence-corrected chi connectivity index (χ4v) is 3.31. The number of aliphatic carboxylic acids is 1. The number of carbonyl (C=O) groups is 1. The van der Waals surface area contributed by atoms with Gasteiger partial charge in [-0.25, -0.2) is 0 Å². The highest BCUT2D eigenvalue weighted by molar-refractivity contribution is 5.74. The summed E-state index contributed by atoms with van der Waals surface area (Å²) in [6, 6.07) is 0.276. The monoisotopic (exact) mass is 239 g/mol. The third kappa shape index (κ3) is 3.01. The van der Waals surface area contributed by atoms with Crippen molar-refractivity contribution in [3.63, 3.8) is 0 Å². The second-order valence-corrected chi connectivity index (χ2v) is 5.87. The quantitative estimate of drug-likeness (QED) is 0.802. The van der Waals surface area contributed by atoms with Crippen LogP contribution in [0.25, 0.3) is 0 Å². The summed E-state index contributed by atoms with van der Waals surface area (Å²) in [5.74, 6) is 0.679. The minimum Gasteiger partial charge on any atom is -0.480 e. The van der Waals surface area contributed by atoms with Gasteiger partial charge in [-0.1, -0.05) is 13.3 Å². The zero-order valence-electron chi connectivity index (χ0n) is 11.1. The van der Waals surface area contributed by atoms with Gasteiger partial charge in [0.2, 0.25) is 0 Å². The van der Waals surface area contributed by atoms with Gasteiger partial charge in [0.1, 0.15) is 6.04 Å². The van der Waals surface area contributed by atoms with E-state index < -0.39 is 5.97 Å². The van der Waals surface area contributed by atoms with Crippen LogP contribution in [-0.2, 0) is 4.79 Å². The molecule has 2 rings (SSSR count). The van der Waals surface area contributed by atoms with Crippen LogP contribution >= 0.6 is 0 Å². The van der Waals surface area contributed by atoms with E-state index in [1.54, 1.807) is 0 Å². The van der Waals surface area contributed by atoms with Gasteiger partial charge < -0.3 is 5.11 Å². The average molecular weight is 239 g/mol. The number of nitrogens with zero attached hydrogens (tertiary/aromatic N) is 1. The van der Waals surface area contributed by atoms with Gasteiger partial charge in [-0.3, -0.25) is 9.69 Å². The molecule has 0 aliphatic heterocycles. The van der Waals surface area contributed by atoms with Crippen LogP contribution in [0, 0.1) is 11.8 Å². The Morgan fingerprint density at radius 3 is 2.24 bits per heavy atom. The van der Waals surface area contributed by atoms with Crippen molar-refractivity contribution in [2.75, 3.05) is 7.05 Å². The molecule has 0 aromatic heterocycles.